The molecule has 1 aliphatic rings. The highest BCUT2D eigenvalue weighted by Crippen LogP contribution is 2.35. The molecular formula is C16H18O. The number of rotatable bonds is 3. The van der Waals surface area contributed by atoms with Crippen molar-refractivity contribution in [1.29, 1.82) is 0 Å². The van der Waals surface area contributed by atoms with Crippen molar-refractivity contribution >= 4 is 5.78 Å². The smallest absolute Gasteiger partial charge is 0.136 e. The Bertz CT molecular complexity index is 413. The summed E-state index contributed by atoms with van der Waals surface area (Å²) in [5.74, 6) is 3.77. The summed E-state index contributed by atoms with van der Waals surface area (Å²) in [6, 6.07) is 10.5. The van der Waals surface area contributed by atoms with Crippen LogP contribution in [0.2, 0.25) is 0 Å². The van der Waals surface area contributed by atoms with Crippen LogP contribution < -0.4 is 0 Å². The van der Waals surface area contributed by atoms with Gasteiger partial charge in [0, 0.05) is 18.8 Å². The minimum atomic E-state index is 0.185. The van der Waals surface area contributed by atoms with Crippen LogP contribution in [0.1, 0.15) is 43.6 Å². The van der Waals surface area contributed by atoms with Crippen molar-refractivity contribution in [3.05, 3.63) is 35.9 Å². The fraction of sp³-hybridized carbons (Fsp3) is 0.438. The van der Waals surface area contributed by atoms with Crippen LogP contribution in [0.25, 0.3) is 0 Å². The molecule has 1 heteroatoms. The van der Waals surface area contributed by atoms with E-state index in [-0.39, 0.29) is 5.92 Å². The number of carbonyl (C=O) groups excluding carboxylic acids is 1. The molecule has 0 bridgehead atoms. The first-order valence-corrected chi connectivity index (χ1v) is 6.32. The van der Waals surface area contributed by atoms with Gasteiger partial charge in [-0.1, -0.05) is 30.3 Å². The quantitative estimate of drug-likeness (QED) is 0.720. The van der Waals surface area contributed by atoms with Gasteiger partial charge in [-0.15, -0.1) is 12.3 Å². The molecular weight excluding hydrogens is 208 g/mol. The van der Waals surface area contributed by atoms with E-state index in [1.165, 1.54) is 5.56 Å². The predicted octanol–water partition coefficient (Wildman–Crippen LogP) is 3.55. The molecule has 1 aromatic rings. The summed E-state index contributed by atoms with van der Waals surface area (Å²) in [6.45, 7) is 0. The van der Waals surface area contributed by atoms with Crippen molar-refractivity contribution in [3.8, 4) is 12.3 Å². The second kappa shape index (κ2) is 5.68. The maximum absolute atomic E-state index is 11.8. The second-order valence-corrected chi connectivity index (χ2v) is 4.79. The van der Waals surface area contributed by atoms with Gasteiger partial charge in [-0.3, -0.25) is 4.79 Å². The summed E-state index contributed by atoms with van der Waals surface area (Å²) in [7, 11) is 0. The average molecular weight is 226 g/mol. The highest BCUT2D eigenvalue weighted by Gasteiger charge is 2.28. The van der Waals surface area contributed by atoms with Gasteiger partial charge in [-0.05, 0) is 30.7 Å². The molecule has 1 aliphatic carbocycles. The second-order valence-electron chi connectivity index (χ2n) is 4.79. The minimum absolute atomic E-state index is 0.185. The van der Waals surface area contributed by atoms with Gasteiger partial charge < -0.3 is 0 Å². The lowest BCUT2D eigenvalue weighted by Crippen LogP contribution is -2.23. The van der Waals surface area contributed by atoms with E-state index in [9.17, 15) is 4.79 Å². The number of hydrogen-bond acceptors (Lipinski definition) is 1. The van der Waals surface area contributed by atoms with Gasteiger partial charge in [-0.25, -0.2) is 0 Å². The van der Waals surface area contributed by atoms with Gasteiger partial charge in [-0.2, -0.15) is 0 Å². The molecule has 0 spiro atoms. The summed E-state index contributed by atoms with van der Waals surface area (Å²) in [5.41, 5.74) is 1.37. The molecule has 1 nitrogen and oxygen atoms in total. The van der Waals surface area contributed by atoms with E-state index in [1.807, 2.05) is 6.07 Å². The molecule has 0 aliphatic heterocycles. The van der Waals surface area contributed by atoms with E-state index < -0.39 is 0 Å². The lowest BCUT2D eigenvalue weighted by Gasteiger charge is -2.28. The molecule has 0 saturated heterocycles. The third-order valence-corrected chi connectivity index (χ3v) is 3.67. The molecule has 0 amide bonds. The van der Waals surface area contributed by atoms with Gasteiger partial charge in [0.2, 0.25) is 0 Å². The third kappa shape index (κ3) is 2.97. The molecule has 1 saturated carbocycles. The van der Waals surface area contributed by atoms with Crippen LogP contribution in [-0.4, -0.2) is 5.78 Å². The van der Waals surface area contributed by atoms with E-state index in [1.54, 1.807) is 0 Å². The van der Waals surface area contributed by atoms with Crippen molar-refractivity contribution in [2.45, 2.75) is 38.0 Å². The molecule has 2 rings (SSSR count). The lowest BCUT2D eigenvalue weighted by molar-refractivity contribution is -0.125. The largest absolute Gasteiger partial charge is 0.299 e. The predicted molar refractivity (Wildman–Crippen MR) is 69.6 cm³/mol. The maximum atomic E-state index is 11.8. The van der Waals surface area contributed by atoms with Crippen molar-refractivity contribution in [2.24, 2.45) is 5.92 Å². The molecule has 2 atom stereocenters. The van der Waals surface area contributed by atoms with Gasteiger partial charge in [0.15, 0.2) is 0 Å². The Labute approximate surface area is 103 Å². The molecule has 0 radical (unpaired) electrons. The maximum Gasteiger partial charge on any atom is 0.136 e. The van der Waals surface area contributed by atoms with E-state index in [2.05, 4.69) is 30.2 Å². The first kappa shape index (κ1) is 11.9. The van der Waals surface area contributed by atoms with Crippen LogP contribution in [-0.2, 0) is 4.79 Å². The Balaban J connectivity index is 2.03. The van der Waals surface area contributed by atoms with Crippen LogP contribution in [0.5, 0.6) is 0 Å². The Morgan fingerprint density at radius 2 is 2.06 bits per heavy atom. The van der Waals surface area contributed by atoms with Crippen molar-refractivity contribution < 1.29 is 4.79 Å². The topological polar surface area (TPSA) is 17.1 Å². The van der Waals surface area contributed by atoms with Crippen LogP contribution >= 0.6 is 0 Å². The molecule has 1 fully saturated rings. The summed E-state index contributed by atoms with van der Waals surface area (Å²) < 4.78 is 0. The van der Waals surface area contributed by atoms with Crippen LogP contribution in [0.3, 0.4) is 0 Å². The van der Waals surface area contributed by atoms with E-state index >= 15 is 0 Å². The molecule has 0 N–H and O–H groups in total. The van der Waals surface area contributed by atoms with Gasteiger partial charge in [0.25, 0.3) is 0 Å². The molecule has 0 heterocycles. The van der Waals surface area contributed by atoms with Gasteiger partial charge in [0.1, 0.15) is 5.78 Å². The van der Waals surface area contributed by atoms with E-state index in [0.29, 0.717) is 11.7 Å². The molecule has 1 aromatic carbocycles. The first-order valence-electron chi connectivity index (χ1n) is 6.32. The zero-order valence-electron chi connectivity index (χ0n) is 10.1. The Hall–Kier alpha value is -1.55. The fourth-order valence-electron chi connectivity index (χ4n) is 2.68. The van der Waals surface area contributed by atoms with Crippen LogP contribution in [0.4, 0.5) is 0 Å². The summed E-state index contributed by atoms with van der Waals surface area (Å²) >= 11 is 0. The van der Waals surface area contributed by atoms with Crippen molar-refractivity contribution in [3.63, 3.8) is 0 Å². The number of hydrogen-bond donors (Lipinski definition) is 0. The van der Waals surface area contributed by atoms with Gasteiger partial charge in [0.05, 0.1) is 0 Å². The Morgan fingerprint density at radius 1 is 1.29 bits per heavy atom. The van der Waals surface area contributed by atoms with E-state index in [0.717, 1.165) is 32.1 Å². The number of ketones is 1. The van der Waals surface area contributed by atoms with Gasteiger partial charge >= 0.3 is 0 Å². The SMILES string of the molecule is C#CCCC1CC(c2ccccc2)CCC1=O. The van der Waals surface area contributed by atoms with E-state index in [4.69, 9.17) is 6.42 Å². The Kier molecular flexibility index (Phi) is 3.98. The highest BCUT2D eigenvalue weighted by molar-refractivity contribution is 5.82. The zero-order chi connectivity index (χ0) is 12.1. The number of Topliss-reactive ketones (excluding diaryl/α,β-unsaturated/α-hetero) is 1. The normalized spacial score (nSPS) is 24.3. The third-order valence-electron chi connectivity index (χ3n) is 3.67. The molecule has 0 aromatic heterocycles. The number of benzene rings is 1. The molecule has 17 heavy (non-hydrogen) atoms. The Morgan fingerprint density at radius 3 is 2.76 bits per heavy atom. The zero-order valence-corrected chi connectivity index (χ0v) is 10.1. The van der Waals surface area contributed by atoms with Crippen LogP contribution in [0, 0.1) is 18.3 Å². The fourth-order valence-corrected chi connectivity index (χ4v) is 2.68. The van der Waals surface area contributed by atoms with Crippen molar-refractivity contribution in [1.82, 2.24) is 0 Å². The standard InChI is InChI=1S/C16H18O/c1-2-3-7-15-12-14(10-11-16(15)17)13-8-5-4-6-9-13/h1,4-6,8-9,14-15H,3,7,10-12H2. The lowest BCUT2D eigenvalue weighted by atomic mass is 9.76. The monoisotopic (exact) mass is 226 g/mol. The van der Waals surface area contributed by atoms with Crippen molar-refractivity contribution in [2.75, 3.05) is 0 Å². The number of carbonyl (C=O) groups is 1. The highest BCUT2D eigenvalue weighted by atomic mass is 16.1. The average Bonchev–Trinajstić information content (AvgIpc) is 2.39. The summed E-state index contributed by atoms with van der Waals surface area (Å²) in [4.78, 5) is 11.8. The first-order chi connectivity index (χ1) is 8.31. The summed E-state index contributed by atoms with van der Waals surface area (Å²) in [6.07, 6.45) is 9.54. The minimum Gasteiger partial charge on any atom is -0.299 e. The summed E-state index contributed by atoms with van der Waals surface area (Å²) in [5, 5.41) is 0. The molecule has 88 valence electrons. The number of terminal acetylenes is 1. The van der Waals surface area contributed by atoms with Crippen LogP contribution in [0.15, 0.2) is 30.3 Å². The molecule has 2 unspecified atom stereocenters.